The van der Waals surface area contributed by atoms with E-state index in [4.69, 9.17) is 10.5 Å². The highest BCUT2D eigenvalue weighted by molar-refractivity contribution is 5.96. The van der Waals surface area contributed by atoms with Crippen molar-refractivity contribution in [2.45, 2.75) is 25.8 Å². The largest absolute Gasteiger partial charge is 0.465 e. The Morgan fingerprint density at radius 3 is 3.05 bits per heavy atom. The number of benzene rings is 1. The second kappa shape index (κ2) is 6.61. The molecule has 1 aliphatic heterocycles. The molecular weight excluding hydrogens is 254 g/mol. The smallest absolute Gasteiger partial charge is 0.340 e. The first kappa shape index (κ1) is 14.7. The summed E-state index contributed by atoms with van der Waals surface area (Å²) in [7, 11) is 1.36. The van der Waals surface area contributed by atoms with Crippen LogP contribution in [0, 0.1) is 0 Å². The van der Waals surface area contributed by atoms with E-state index in [0.717, 1.165) is 25.2 Å². The SMILES string of the molecule is CCN1CCCC(Nc2ccc(N)c(C(=O)OC)c2)C1. The van der Waals surface area contributed by atoms with E-state index >= 15 is 0 Å². The maximum atomic E-state index is 11.6. The normalized spacial score (nSPS) is 19.6. The van der Waals surface area contributed by atoms with Gasteiger partial charge in [0, 0.05) is 24.0 Å². The van der Waals surface area contributed by atoms with Crippen LogP contribution in [0.3, 0.4) is 0 Å². The monoisotopic (exact) mass is 277 g/mol. The van der Waals surface area contributed by atoms with Crippen molar-refractivity contribution in [1.29, 1.82) is 0 Å². The number of nitrogens with two attached hydrogens (primary N) is 1. The standard InChI is InChI=1S/C15H23N3O2/c1-3-18-8-4-5-12(10-18)17-11-6-7-14(16)13(9-11)15(19)20-2/h6-7,9,12,17H,3-5,8,10,16H2,1-2H3. The van der Waals surface area contributed by atoms with Crippen molar-refractivity contribution < 1.29 is 9.53 Å². The number of carbonyl (C=O) groups excluding carboxylic acids is 1. The quantitative estimate of drug-likeness (QED) is 0.650. The molecule has 1 unspecified atom stereocenters. The summed E-state index contributed by atoms with van der Waals surface area (Å²) < 4.78 is 4.74. The number of methoxy groups -OCH3 is 1. The molecule has 1 saturated heterocycles. The third-order valence-corrected chi connectivity index (χ3v) is 3.78. The van der Waals surface area contributed by atoms with Crippen molar-refractivity contribution in [3.63, 3.8) is 0 Å². The predicted octanol–water partition coefficient (Wildman–Crippen LogP) is 1.95. The molecule has 20 heavy (non-hydrogen) atoms. The third-order valence-electron chi connectivity index (χ3n) is 3.78. The number of nitrogen functional groups attached to an aromatic ring is 1. The summed E-state index contributed by atoms with van der Waals surface area (Å²) in [6.45, 7) is 5.46. The summed E-state index contributed by atoms with van der Waals surface area (Å²) in [5.74, 6) is -0.398. The maximum Gasteiger partial charge on any atom is 0.340 e. The Hall–Kier alpha value is -1.75. The first-order valence-electron chi connectivity index (χ1n) is 7.10. The number of ether oxygens (including phenoxy) is 1. The van der Waals surface area contributed by atoms with E-state index in [1.807, 2.05) is 6.07 Å². The lowest BCUT2D eigenvalue weighted by atomic mass is 10.0. The zero-order valence-electron chi connectivity index (χ0n) is 12.2. The fourth-order valence-electron chi connectivity index (χ4n) is 2.63. The first-order valence-corrected chi connectivity index (χ1v) is 7.10. The molecule has 0 spiro atoms. The van der Waals surface area contributed by atoms with Gasteiger partial charge >= 0.3 is 5.97 Å². The molecule has 1 fully saturated rings. The van der Waals surface area contributed by atoms with Gasteiger partial charge in [0.15, 0.2) is 0 Å². The Labute approximate surface area is 120 Å². The highest BCUT2D eigenvalue weighted by Crippen LogP contribution is 2.21. The van der Waals surface area contributed by atoms with Gasteiger partial charge in [0.2, 0.25) is 0 Å². The molecule has 1 heterocycles. The van der Waals surface area contributed by atoms with Gasteiger partial charge in [0.1, 0.15) is 0 Å². The van der Waals surface area contributed by atoms with Crippen molar-refractivity contribution in [2.75, 3.05) is 37.8 Å². The van der Waals surface area contributed by atoms with Crippen molar-refractivity contribution in [3.8, 4) is 0 Å². The van der Waals surface area contributed by atoms with E-state index in [0.29, 0.717) is 17.3 Å². The van der Waals surface area contributed by atoms with Gasteiger partial charge < -0.3 is 20.7 Å². The van der Waals surface area contributed by atoms with Crippen LogP contribution in [-0.4, -0.2) is 43.7 Å². The number of piperidine rings is 1. The number of likely N-dealkylation sites (N-methyl/N-ethyl adjacent to an activating group) is 1. The highest BCUT2D eigenvalue weighted by atomic mass is 16.5. The molecule has 5 nitrogen and oxygen atoms in total. The minimum Gasteiger partial charge on any atom is -0.465 e. The van der Waals surface area contributed by atoms with Crippen LogP contribution in [0.15, 0.2) is 18.2 Å². The van der Waals surface area contributed by atoms with E-state index in [1.54, 1.807) is 12.1 Å². The number of hydrogen-bond acceptors (Lipinski definition) is 5. The molecule has 0 saturated carbocycles. The van der Waals surface area contributed by atoms with Gasteiger partial charge in [-0.05, 0) is 44.1 Å². The number of rotatable bonds is 4. The first-order chi connectivity index (χ1) is 9.63. The van der Waals surface area contributed by atoms with Crippen molar-refractivity contribution in [1.82, 2.24) is 4.90 Å². The summed E-state index contributed by atoms with van der Waals surface area (Å²) in [5, 5.41) is 3.49. The van der Waals surface area contributed by atoms with Gasteiger partial charge in [-0.3, -0.25) is 0 Å². The van der Waals surface area contributed by atoms with Crippen LogP contribution in [0.5, 0.6) is 0 Å². The molecule has 2 rings (SSSR count). The van der Waals surface area contributed by atoms with Gasteiger partial charge in [0.25, 0.3) is 0 Å². The molecule has 1 aromatic carbocycles. The minimum absolute atomic E-state index is 0.398. The van der Waals surface area contributed by atoms with Gasteiger partial charge in [-0.15, -0.1) is 0 Å². The number of likely N-dealkylation sites (tertiary alicyclic amines) is 1. The molecule has 110 valence electrons. The number of hydrogen-bond donors (Lipinski definition) is 2. The van der Waals surface area contributed by atoms with E-state index in [9.17, 15) is 4.79 Å². The van der Waals surface area contributed by atoms with E-state index in [1.165, 1.54) is 20.1 Å². The summed E-state index contributed by atoms with van der Waals surface area (Å²) in [4.78, 5) is 14.1. The molecule has 0 bridgehead atoms. The lowest BCUT2D eigenvalue weighted by Crippen LogP contribution is -2.41. The van der Waals surface area contributed by atoms with Crippen LogP contribution in [0.25, 0.3) is 0 Å². The fourth-order valence-corrected chi connectivity index (χ4v) is 2.63. The fraction of sp³-hybridized carbons (Fsp3) is 0.533. The van der Waals surface area contributed by atoms with Gasteiger partial charge in [-0.1, -0.05) is 6.92 Å². The Morgan fingerprint density at radius 2 is 2.35 bits per heavy atom. The molecule has 5 heteroatoms. The average Bonchev–Trinajstić information content (AvgIpc) is 2.48. The minimum atomic E-state index is -0.398. The molecule has 0 aromatic heterocycles. The van der Waals surface area contributed by atoms with Gasteiger partial charge in [0.05, 0.1) is 12.7 Å². The third kappa shape index (κ3) is 3.42. The maximum absolute atomic E-state index is 11.6. The molecule has 1 atom stereocenters. The second-order valence-electron chi connectivity index (χ2n) is 5.17. The van der Waals surface area contributed by atoms with E-state index < -0.39 is 5.97 Å². The molecular formula is C15H23N3O2. The zero-order valence-corrected chi connectivity index (χ0v) is 12.2. The predicted molar refractivity (Wildman–Crippen MR) is 81.0 cm³/mol. The van der Waals surface area contributed by atoms with E-state index in [2.05, 4.69) is 17.1 Å². The number of anilines is 2. The van der Waals surface area contributed by atoms with Crippen LogP contribution in [0.2, 0.25) is 0 Å². The summed E-state index contributed by atoms with van der Waals surface area (Å²) in [6.07, 6.45) is 2.35. The second-order valence-corrected chi connectivity index (χ2v) is 5.17. The lowest BCUT2D eigenvalue weighted by molar-refractivity contribution is 0.0602. The molecule has 1 aromatic rings. The van der Waals surface area contributed by atoms with E-state index in [-0.39, 0.29) is 0 Å². The van der Waals surface area contributed by atoms with Crippen LogP contribution in [0.4, 0.5) is 11.4 Å². The number of nitrogens with zero attached hydrogens (tertiary/aromatic N) is 1. The Bertz CT molecular complexity index is 476. The summed E-state index contributed by atoms with van der Waals surface area (Å²) in [5.41, 5.74) is 7.59. The Kier molecular flexibility index (Phi) is 4.84. The van der Waals surface area contributed by atoms with Crippen LogP contribution in [-0.2, 0) is 4.74 Å². The van der Waals surface area contributed by atoms with Crippen LogP contribution >= 0.6 is 0 Å². The molecule has 0 radical (unpaired) electrons. The van der Waals surface area contributed by atoms with Crippen LogP contribution < -0.4 is 11.1 Å². The highest BCUT2D eigenvalue weighted by Gasteiger charge is 2.19. The number of nitrogens with one attached hydrogen (secondary N) is 1. The Morgan fingerprint density at radius 1 is 1.55 bits per heavy atom. The Balaban J connectivity index is 2.07. The number of esters is 1. The number of carbonyl (C=O) groups is 1. The topological polar surface area (TPSA) is 67.6 Å². The molecule has 3 N–H and O–H groups in total. The molecule has 0 aliphatic carbocycles. The van der Waals surface area contributed by atoms with Crippen molar-refractivity contribution in [3.05, 3.63) is 23.8 Å². The molecule has 0 amide bonds. The summed E-state index contributed by atoms with van der Waals surface area (Å²) >= 11 is 0. The van der Waals surface area contributed by atoms with Crippen LogP contribution in [0.1, 0.15) is 30.1 Å². The van der Waals surface area contributed by atoms with Crippen molar-refractivity contribution >= 4 is 17.3 Å². The van der Waals surface area contributed by atoms with Gasteiger partial charge in [-0.25, -0.2) is 4.79 Å². The zero-order chi connectivity index (χ0) is 14.5. The lowest BCUT2D eigenvalue weighted by Gasteiger charge is -2.32. The molecule has 1 aliphatic rings. The van der Waals surface area contributed by atoms with Crippen molar-refractivity contribution in [2.24, 2.45) is 0 Å². The van der Waals surface area contributed by atoms with Gasteiger partial charge in [-0.2, -0.15) is 0 Å². The summed E-state index contributed by atoms with van der Waals surface area (Å²) in [6, 6.07) is 5.84. The average molecular weight is 277 g/mol.